The molecule has 0 saturated heterocycles. The molecule has 20 heavy (non-hydrogen) atoms. The van der Waals surface area contributed by atoms with Crippen LogP contribution in [-0.4, -0.2) is 12.6 Å². The van der Waals surface area contributed by atoms with Gasteiger partial charge in [0.2, 0.25) is 0 Å². The van der Waals surface area contributed by atoms with Crippen LogP contribution in [0.2, 0.25) is 0 Å². The van der Waals surface area contributed by atoms with Gasteiger partial charge < -0.3 is 10.1 Å². The fraction of sp³-hybridized carbons (Fsp3) is 0.333. The predicted octanol–water partition coefficient (Wildman–Crippen LogP) is 3.71. The Hall–Kier alpha value is -1.80. The highest BCUT2D eigenvalue weighted by molar-refractivity contribution is 5.45. The number of ether oxygens (including phenoxy) is 1. The van der Waals surface area contributed by atoms with E-state index in [0.717, 1.165) is 12.3 Å². The fourth-order valence-electron chi connectivity index (χ4n) is 3.21. The third-order valence-electron chi connectivity index (χ3n) is 4.25. The molecule has 2 aromatic rings. The van der Waals surface area contributed by atoms with Crippen molar-refractivity contribution >= 4 is 0 Å². The zero-order chi connectivity index (χ0) is 14.2. The van der Waals surface area contributed by atoms with Gasteiger partial charge in [-0.05, 0) is 42.7 Å². The van der Waals surface area contributed by atoms with Crippen molar-refractivity contribution < 1.29 is 4.74 Å². The maximum atomic E-state index is 5.38. The van der Waals surface area contributed by atoms with Crippen LogP contribution in [0.5, 0.6) is 5.75 Å². The summed E-state index contributed by atoms with van der Waals surface area (Å²) < 4.78 is 5.38. The third-order valence-corrected chi connectivity index (χ3v) is 4.25. The van der Waals surface area contributed by atoms with Crippen LogP contribution in [0.4, 0.5) is 0 Å². The molecule has 2 nitrogen and oxygen atoms in total. The van der Waals surface area contributed by atoms with Gasteiger partial charge in [-0.15, -0.1) is 0 Å². The van der Waals surface area contributed by atoms with Crippen LogP contribution >= 0.6 is 0 Å². The molecule has 1 heterocycles. The summed E-state index contributed by atoms with van der Waals surface area (Å²) in [5.74, 6) is 1.25. The molecule has 0 bridgehead atoms. The van der Waals surface area contributed by atoms with E-state index in [9.17, 15) is 0 Å². The number of hydrogen-bond donors (Lipinski definition) is 1. The van der Waals surface area contributed by atoms with E-state index in [1.54, 1.807) is 7.11 Å². The Labute approximate surface area is 120 Å². The molecule has 0 fully saturated rings. The van der Waals surface area contributed by atoms with Crippen LogP contribution < -0.4 is 10.1 Å². The summed E-state index contributed by atoms with van der Waals surface area (Å²) in [7, 11) is 1.72. The molecule has 1 aliphatic heterocycles. The molecular formula is C18H21NO. The monoisotopic (exact) mass is 267 g/mol. The molecule has 0 amide bonds. The quantitative estimate of drug-likeness (QED) is 0.895. The summed E-state index contributed by atoms with van der Waals surface area (Å²) in [6.45, 7) is 5.48. The minimum Gasteiger partial charge on any atom is -0.497 e. The molecule has 1 unspecified atom stereocenters. The van der Waals surface area contributed by atoms with E-state index >= 15 is 0 Å². The SMILES string of the molecule is COc1cccc(C2c3ccccc3CNC2(C)C)c1. The summed E-state index contributed by atoms with van der Waals surface area (Å²) in [6, 6.07) is 17.1. The number of methoxy groups -OCH3 is 1. The van der Waals surface area contributed by atoms with Gasteiger partial charge in [-0.1, -0.05) is 36.4 Å². The number of rotatable bonds is 2. The second-order valence-electron chi connectivity index (χ2n) is 5.98. The average molecular weight is 267 g/mol. The van der Waals surface area contributed by atoms with Gasteiger partial charge in [-0.3, -0.25) is 0 Å². The number of hydrogen-bond acceptors (Lipinski definition) is 2. The minimum atomic E-state index is 0.0285. The van der Waals surface area contributed by atoms with Gasteiger partial charge in [0.15, 0.2) is 0 Å². The first-order valence-electron chi connectivity index (χ1n) is 7.08. The van der Waals surface area contributed by atoms with E-state index in [2.05, 4.69) is 61.6 Å². The highest BCUT2D eigenvalue weighted by atomic mass is 16.5. The van der Waals surface area contributed by atoms with Gasteiger partial charge in [-0.25, -0.2) is 0 Å². The fourth-order valence-corrected chi connectivity index (χ4v) is 3.21. The first kappa shape index (κ1) is 13.2. The van der Waals surface area contributed by atoms with Gasteiger partial charge >= 0.3 is 0 Å². The average Bonchev–Trinajstić information content (AvgIpc) is 2.46. The smallest absolute Gasteiger partial charge is 0.119 e. The normalized spacial score (nSPS) is 20.2. The van der Waals surface area contributed by atoms with E-state index in [1.165, 1.54) is 16.7 Å². The lowest BCUT2D eigenvalue weighted by atomic mass is 9.73. The van der Waals surface area contributed by atoms with E-state index in [0.29, 0.717) is 5.92 Å². The summed E-state index contributed by atoms with van der Waals surface area (Å²) in [4.78, 5) is 0. The second-order valence-corrected chi connectivity index (χ2v) is 5.98. The molecule has 0 radical (unpaired) electrons. The van der Waals surface area contributed by atoms with Gasteiger partial charge in [0.25, 0.3) is 0 Å². The summed E-state index contributed by atoms with van der Waals surface area (Å²) in [5.41, 5.74) is 4.14. The number of benzene rings is 2. The van der Waals surface area contributed by atoms with Crippen molar-refractivity contribution in [2.24, 2.45) is 0 Å². The van der Waals surface area contributed by atoms with Crippen LogP contribution in [0.1, 0.15) is 36.5 Å². The van der Waals surface area contributed by atoms with Crippen LogP contribution in [-0.2, 0) is 6.54 Å². The van der Waals surface area contributed by atoms with E-state index in [4.69, 9.17) is 4.74 Å². The molecule has 0 aliphatic carbocycles. The largest absolute Gasteiger partial charge is 0.497 e. The van der Waals surface area contributed by atoms with E-state index < -0.39 is 0 Å². The lowest BCUT2D eigenvalue weighted by Gasteiger charge is -2.41. The van der Waals surface area contributed by atoms with Gasteiger partial charge in [0, 0.05) is 18.0 Å². The van der Waals surface area contributed by atoms with E-state index in [1.807, 2.05) is 6.07 Å². The Morgan fingerprint density at radius 1 is 1.10 bits per heavy atom. The zero-order valence-electron chi connectivity index (χ0n) is 12.3. The van der Waals surface area contributed by atoms with Crippen molar-refractivity contribution in [3.8, 4) is 5.75 Å². The predicted molar refractivity (Wildman–Crippen MR) is 82.2 cm³/mol. The van der Waals surface area contributed by atoms with Crippen molar-refractivity contribution in [3.63, 3.8) is 0 Å². The van der Waals surface area contributed by atoms with Gasteiger partial charge in [-0.2, -0.15) is 0 Å². The molecule has 1 aliphatic rings. The van der Waals surface area contributed by atoms with Crippen LogP contribution in [0, 0.1) is 0 Å². The topological polar surface area (TPSA) is 21.3 Å². The molecular weight excluding hydrogens is 246 g/mol. The Morgan fingerprint density at radius 2 is 1.90 bits per heavy atom. The molecule has 104 valence electrons. The number of fused-ring (bicyclic) bond motifs is 1. The van der Waals surface area contributed by atoms with Crippen molar-refractivity contribution in [1.29, 1.82) is 0 Å². The van der Waals surface area contributed by atoms with Crippen LogP contribution in [0.15, 0.2) is 48.5 Å². The maximum Gasteiger partial charge on any atom is 0.119 e. The summed E-state index contributed by atoms with van der Waals surface area (Å²) in [6.07, 6.45) is 0. The van der Waals surface area contributed by atoms with Crippen LogP contribution in [0.25, 0.3) is 0 Å². The van der Waals surface area contributed by atoms with Crippen LogP contribution in [0.3, 0.4) is 0 Å². The molecule has 2 heteroatoms. The Bertz CT molecular complexity index is 618. The Balaban J connectivity index is 2.13. The molecule has 0 spiro atoms. The summed E-state index contributed by atoms with van der Waals surface area (Å²) >= 11 is 0. The second kappa shape index (κ2) is 4.95. The van der Waals surface area contributed by atoms with Crippen molar-refractivity contribution in [3.05, 3.63) is 65.2 Å². The van der Waals surface area contributed by atoms with Crippen molar-refractivity contribution in [1.82, 2.24) is 5.32 Å². The molecule has 0 saturated carbocycles. The number of nitrogens with one attached hydrogen (secondary N) is 1. The zero-order valence-corrected chi connectivity index (χ0v) is 12.3. The molecule has 2 aromatic carbocycles. The Kier molecular flexibility index (Phi) is 3.27. The maximum absolute atomic E-state index is 5.38. The molecule has 1 atom stereocenters. The molecule has 3 rings (SSSR count). The van der Waals surface area contributed by atoms with Crippen molar-refractivity contribution in [2.45, 2.75) is 31.8 Å². The van der Waals surface area contributed by atoms with E-state index in [-0.39, 0.29) is 5.54 Å². The van der Waals surface area contributed by atoms with Crippen molar-refractivity contribution in [2.75, 3.05) is 7.11 Å². The highest BCUT2D eigenvalue weighted by Gasteiger charge is 2.36. The summed E-state index contributed by atoms with van der Waals surface area (Å²) in [5, 5.41) is 3.66. The first-order valence-corrected chi connectivity index (χ1v) is 7.08. The molecule has 0 aromatic heterocycles. The lowest BCUT2D eigenvalue weighted by molar-refractivity contribution is 0.322. The first-order chi connectivity index (χ1) is 9.62. The Morgan fingerprint density at radius 3 is 2.70 bits per heavy atom. The van der Waals surface area contributed by atoms with Gasteiger partial charge in [0.1, 0.15) is 5.75 Å². The lowest BCUT2D eigenvalue weighted by Crippen LogP contribution is -2.48. The third kappa shape index (κ3) is 2.20. The molecule has 1 N–H and O–H groups in total. The minimum absolute atomic E-state index is 0.0285. The van der Waals surface area contributed by atoms with Gasteiger partial charge in [0.05, 0.1) is 7.11 Å². The highest BCUT2D eigenvalue weighted by Crippen LogP contribution is 2.40. The standard InChI is InChI=1S/C18H21NO/c1-18(2)17(13-8-6-9-15(11-13)20-3)16-10-5-4-7-14(16)12-19-18/h4-11,17,19H,12H2,1-3H3.